The minimum Gasteiger partial charge on any atom is -0.595 e. The average Bonchev–Trinajstić information content (AvgIpc) is 2.75. The Labute approximate surface area is 165 Å². The Balaban J connectivity index is 1.88. The Hall–Kier alpha value is -3.44. The Morgan fingerprint density at radius 2 is 1.17 bits per heavy atom. The number of amides is 1. The summed E-state index contributed by atoms with van der Waals surface area (Å²) < 4.78 is 0. The number of carbonyl (C=O) groups excluding carboxylic acids is 1. The summed E-state index contributed by atoms with van der Waals surface area (Å²) in [6.45, 7) is 0. The largest absolute Gasteiger partial charge is 0.595 e. The lowest BCUT2D eigenvalue weighted by molar-refractivity contribution is -0.991. The molecule has 2 atom stereocenters. The van der Waals surface area contributed by atoms with Crippen LogP contribution in [0.3, 0.4) is 0 Å². The van der Waals surface area contributed by atoms with Crippen molar-refractivity contribution in [2.75, 3.05) is 0 Å². The van der Waals surface area contributed by atoms with E-state index in [1.54, 1.807) is 12.1 Å². The van der Waals surface area contributed by atoms with Crippen LogP contribution in [0.15, 0.2) is 84.0 Å². The maximum atomic E-state index is 12.4. The van der Waals surface area contributed by atoms with E-state index in [4.69, 9.17) is 10.4 Å². The summed E-state index contributed by atoms with van der Waals surface area (Å²) in [6.07, 6.45) is 0. The molecule has 3 rings (SSSR count). The highest BCUT2D eigenvalue weighted by atomic mass is 16.8. The second-order valence-corrected chi connectivity index (χ2v) is 6.03. The molecule has 0 heterocycles. The van der Waals surface area contributed by atoms with Crippen molar-refractivity contribution < 1.29 is 25.7 Å². The molecular weight excluding hydrogens is 376 g/mol. The standard InChI is InChI=1S/C20H18N4O5/c25-20(16-8-12-18(13-9-16)24(28)29)22-21-19(14-4-2-1-3-5-14)15-6-10-17(11-7-15)23(26)27/h1-13,23-24,26,28H,(H,22,25). The second kappa shape index (κ2) is 9.17. The van der Waals surface area contributed by atoms with Gasteiger partial charge in [-0.1, -0.05) is 30.3 Å². The summed E-state index contributed by atoms with van der Waals surface area (Å²) >= 11 is 0. The van der Waals surface area contributed by atoms with Gasteiger partial charge in [-0.2, -0.15) is 15.6 Å². The number of hydrazone groups is 1. The lowest BCUT2D eigenvalue weighted by Crippen LogP contribution is -2.99. The molecule has 0 aliphatic carbocycles. The third-order valence-corrected chi connectivity index (χ3v) is 4.12. The van der Waals surface area contributed by atoms with Crippen molar-refractivity contribution in [3.05, 3.63) is 106 Å². The smallest absolute Gasteiger partial charge is 0.271 e. The van der Waals surface area contributed by atoms with Crippen LogP contribution >= 0.6 is 0 Å². The fourth-order valence-corrected chi connectivity index (χ4v) is 2.60. The molecule has 0 fully saturated rings. The van der Waals surface area contributed by atoms with Crippen LogP contribution in [0.25, 0.3) is 0 Å². The highest BCUT2D eigenvalue weighted by molar-refractivity contribution is 6.13. The normalized spacial score (nSPS) is 13.6. The summed E-state index contributed by atoms with van der Waals surface area (Å²) in [5.41, 5.74) is 4.76. The second-order valence-electron chi connectivity index (χ2n) is 6.03. The Bertz CT molecular complexity index is 988. The van der Waals surface area contributed by atoms with Gasteiger partial charge in [-0.15, -0.1) is 0 Å². The van der Waals surface area contributed by atoms with E-state index >= 15 is 0 Å². The van der Waals surface area contributed by atoms with Crippen LogP contribution < -0.4 is 15.9 Å². The van der Waals surface area contributed by atoms with E-state index in [2.05, 4.69) is 10.5 Å². The van der Waals surface area contributed by atoms with Gasteiger partial charge < -0.3 is 10.4 Å². The molecule has 1 amide bonds. The maximum absolute atomic E-state index is 12.4. The molecule has 148 valence electrons. The van der Waals surface area contributed by atoms with Gasteiger partial charge in [0.1, 0.15) is 0 Å². The number of rotatable bonds is 6. The van der Waals surface area contributed by atoms with Crippen LogP contribution in [0.4, 0.5) is 11.4 Å². The topological polar surface area (TPSA) is 137 Å². The summed E-state index contributed by atoms with van der Waals surface area (Å²) in [5, 5.41) is 42.1. The van der Waals surface area contributed by atoms with Crippen LogP contribution in [0.2, 0.25) is 0 Å². The first kappa shape index (κ1) is 20.3. The first-order chi connectivity index (χ1) is 14.0. The summed E-state index contributed by atoms with van der Waals surface area (Å²) in [6, 6.07) is 20.7. The van der Waals surface area contributed by atoms with Crippen molar-refractivity contribution in [3.63, 3.8) is 0 Å². The molecule has 0 radical (unpaired) electrons. The van der Waals surface area contributed by atoms with Gasteiger partial charge in [0.25, 0.3) is 5.91 Å². The zero-order valence-corrected chi connectivity index (χ0v) is 15.1. The molecule has 29 heavy (non-hydrogen) atoms. The molecule has 9 nitrogen and oxygen atoms in total. The predicted molar refractivity (Wildman–Crippen MR) is 104 cm³/mol. The number of quaternary nitrogens is 2. The Morgan fingerprint density at radius 3 is 1.66 bits per heavy atom. The molecule has 9 heteroatoms. The monoisotopic (exact) mass is 394 g/mol. The highest BCUT2D eigenvalue weighted by Crippen LogP contribution is 2.13. The van der Waals surface area contributed by atoms with Gasteiger partial charge in [-0.25, -0.2) is 15.8 Å². The molecule has 0 aromatic heterocycles. The van der Waals surface area contributed by atoms with E-state index in [0.29, 0.717) is 11.3 Å². The Morgan fingerprint density at radius 1 is 0.724 bits per heavy atom. The van der Waals surface area contributed by atoms with Crippen molar-refractivity contribution >= 4 is 23.0 Å². The molecule has 3 aromatic carbocycles. The molecule has 0 saturated heterocycles. The van der Waals surface area contributed by atoms with Gasteiger partial charge in [-0.3, -0.25) is 4.79 Å². The van der Waals surface area contributed by atoms with E-state index in [1.165, 1.54) is 36.4 Å². The van der Waals surface area contributed by atoms with Crippen molar-refractivity contribution in [3.8, 4) is 0 Å². The van der Waals surface area contributed by atoms with E-state index in [1.807, 2.05) is 30.3 Å². The lowest BCUT2D eigenvalue weighted by atomic mass is 10.0. The van der Waals surface area contributed by atoms with Crippen LogP contribution in [-0.4, -0.2) is 22.0 Å². The van der Waals surface area contributed by atoms with E-state index in [0.717, 1.165) is 5.56 Å². The molecule has 5 N–H and O–H groups in total. The number of hydrogen-bond donors (Lipinski definition) is 5. The van der Waals surface area contributed by atoms with Crippen molar-refractivity contribution in [2.45, 2.75) is 0 Å². The molecule has 0 spiro atoms. The zero-order valence-electron chi connectivity index (χ0n) is 15.1. The molecule has 0 aliphatic rings. The maximum Gasteiger partial charge on any atom is 0.271 e. The van der Waals surface area contributed by atoms with Gasteiger partial charge in [0.15, 0.2) is 11.4 Å². The zero-order chi connectivity index (χ0) is 20.8. The van der Waals surface area contributed by atoms with Crippen LogP contribution in [0.5, 0.6) is 0 Å². The molecule has 0 bridgehead atoms. The van der Waals surface area contributed by atoms with Gasteiger partial charge in [0.05, 0.1) is 5.71 Å². The van der Waals surface area contributed by atoms with Gasteiger partial charge in [0.2, 0.25) is 0 Å². The summed E-state index contributed by atoms with van der Waals surface area (Å²) in [7, 11) is 0. The quantitative estimate of drug-likeness (QED) is 0.309. The van der Waals surface area contributed by atoms with Gasteiger partial charge >= 0.3 is 0 Å². The minimum absolute atomic E-state index is 0.0774. The number of benzene rings is 3. The summed E-state index contributed by atoms with van der Waals surface area (Å²) in [4.78, 5) is 12.4. The molecule has 3 aromatic rings. The van der Waals surface area contributed by atoms with Crippen LogP contribution in [-0.2, 0) is 0 Å². The third-order valence-electron chi connectivity index (χ3n) is 4.12. The Kier molecular flexibility index (Phi) is 6.42. The molecular formula is C20H18N4O5. The van der Waals surface area contributed by atoms with Gasteiger partial charge in [0, 0.05) is 41.0 Å². The van der Waals surface area contributed by atoms with E-state index in [9.17, 15) is 15.2 Å². The van der Waals surface area contributed by atoms with E-state index < -0.39 is 16.4 Å². The molecule has 0 saturated carbocycles. The fraction of sp³-hybridized carbons (Fsp3) is 0. The minimum atomic E-state index is -1.08. The van der Waals surface area contributed by atoms with Crippen molar-refractivity contribution in [1.29, 1.82) is 0 Å². The summed E-state index contributed by atoms with van der Waals surface area (Å²) in [5.74, 6) is -0.502. The fourth-order valence-electron chi connectivity index (χ4n) is 2.60. The van der Waals surface area contributed by atoms with Gasteiger partial charge in [-0.05, 0) is 24.3 Å². The SMILES string of the molecule is O=C(NN=C(c1ccccc1)c1ccc([NH+]([O-])O)cc1)c1ccc([NH+]([O-])O)cc1. The van der Waals surface area contributed by atoms with Crippen LogP contribution in [0.1, 0.15) is 21.5 Å². The number of hydrogen-bond acceptors (Lipinski definition) is 6. The van der Waals surface area contributed by atoms with E-state index in [-0.39, 0.29) is 16.9 Å². The highest BCUT2D eigenvalue weighted by Gasteiger charge is 2.11. The van der Waals surface area contributed by atoms with Crippen molar-refractivity contribution in [2.24, 2.45) is 5.10 Å². The first-order valence-electron chi connectivity index (χ1n) is 8.56. The average molecular weight is 394 g/mol. The third kappa shape index (κ3) is 5.09. The number of carbonyl (C=O) groups is 1. The molecule has 2 unspecified atom stereocenters. The van der Waals surface area contributed by atoms with Crippen LogP contribution in [0, 0.1) is 10.4 Å². The predicted octanol–water partition coefficient (Wildman–Crippen LogP) is 0.676. The number of nitrogens with one attached hydrogen (secondary N) is 3. The first-order valence-corrected chi connectivity index (χ1v) is 8.56. The lowest BCUT2D eigenvalue weighted by Gasteiger charge is -2.13. The number of nitrogens with zero attached hydrogens (tertiary/aromatic N) is 1. The molecule has 0 aliphatic heterocycles. The van der Waals surface area contributed by atoms with Crippen molar-refractivity contribution in [1.82, 2.24) is 5.43 Å².